The molecule has 1 aliphatic heterocycles. The molecule has 13 heavy (non-hydrogen) atoms. The highest BCUT2D eigenvalue weighted by Gasteiger charge is 2.59. The fourth-order valence-electron chi connectivity index (χ4n) is 2.81. The Morgan fingerprint density at radius 1 is 1.15 bits per heavy atom. The van der Waals surface area contributed by atoms with Crippen LogP contribution in [0.4, 0.5) is 0 Å². The van der Waals surface area contributed by atoms with Crippen LogP contribution >= 0.6 is 0 Å². The molecule has 0 N–H and O–H groups in total. The topological polar surface area (TPSA) is 26.3 Å². The van der Waals surface area contributed by atoms with Gasteiger partial charge in [-0.1, -0.05) is 6.92 Å². The monoisotopic (exact) mass is 182 g/mol. The Morgan fingerprint density at radius 2 is 1.69 bits per heavy atom. The molecule has 2 aliphatic rings. The highest BCUT2D eigenvalue weighted by Crippen LogP contribution is 2.62. The molecule has 1 heterocycles. The van der Waals surface area contributed by atoms with Gasteiger partial charge in [0.2, 0.25) is 0 Å². The van der Waals surface area contributed by atoms with Crippen molar-refractivity contribution in [2.24, 2.45) is 10.8 Å². The summed E-state index contributed by atoms with van der Waals surface area (Å²) in [4.78, 5) is 11.6. The average Bonchev–Trinajstić information content (AvgIpc) is 2.85. The van der Waals surface area contributed by atoms with E-state index in [1.807, 2.05) is 0 Å². The van der Waals surface area contributed by atoms with Crippen LogP contribution in [0.25, 0.3) is 0 Å². The molecule has 2 heteroatoms. The Hall–Kier alpha value is -0.370. The van der Waals surface area contributed by atoms with Gasteiger partial charge in [0, 0.05) is 18.6 Å². The Balaban J connectivity index is 2.17. The lowest BCUT2D eigenvalue weighted by Gasteiger charge is -2.40. The van der Waals surface area contributed by atoms with E-state index in [4.69, 9.17) is 4.74 Å². The van der Waals surface area contributed by atoms with E-state index in [2.05, 4.69) is 6.92 Å². The molecule has 1 aliphatic carbocycles. The first-order valence-electron chi connectivity index (χ1n) is 5.20. The van der Waals surface area contributed by atoms with Crippen LogP contribution in [0.5, 0.6) is 0 Å². The number of Topliss-reactive ketones (excluding diaryl/α,β-unsaturated/α-hetero) is 1. The zero-order chi connectivity index (χ0) is 9.53. The minimum atomic E-state index is 0.0385. The molecule has 74 valence electrons. The zero-order valence-corrected chi connectivity index (χ0v) is 8.56. The molecule has 0 bridgehead atoms. The molecule has 0 unspecified atom stereocenters. The van der Waals surface area contributed by atoms with Gasteiger partial charge >= 0.3 is 0 Å². The van der Waals surface area contributed by atoms with Crippen molar-refractivity contribution in [3.63, 3.8) is 0 Å². The third kappa shape index (κ3) is 1.23. The second-order valence-corrected chi connectivity index (χ2v) is 4.81. The van der Waals surface area contributed by atoms with Crippen molar-refractivity contribution in [1.29, 1.82) is 0 Å². The molecular formula is C11H18O2. The smallest absolute Gasteiger partial charge is 0.136 e. The van der Waals surface area contributed by atoms with Gasteiger partial charge in [0.25, 0.3) is 0 Å². The molecule has 0 atom stereocenters. The molecule has 0 radical (unpaired) electrons. The highest BCUT2D eigenvalue weighted by molar-refractivity contribution is 5.86. The second kappa shape index (κ2) is 2.81. The van der Waals surface area contributed by atoms with Crippen molar-refractivity contribution in [2.75, 3.05) is 13.2 Å². The van der Waals surface area contributed by atoms with E-state index >= 15 is 0 Å². The standard InChI is InChI=1S/C11H18O2/c1-9(12)11(3-4-11)10(2)5-7-13-8-6-10/h3-8H2,1-2H3. The number of carbonyl (C=O) groups is 1. The van der Waals surface area contributed by atoms with Crippen LogP contribution in [-0.4, -0.2) is 19.0 Å². The first-order chi connectivity index (χ1) is 6.11. The zero-order valence-electron chi connectivity index (χ0n) is 8.56. The van der Waals surface area contributed by atoms with E-state index in [0.29, 0.717) is 5.78 Å². The van der Waals surface area contributed by atoms with Crippen molar-refractivity contribution in [2.45, 2.75) is 39.5 Å². The van der Waals surface area contributed by atoms with Crippen LogP contribution in [0.15, 0.2) is 0 Å². The third-order valence-electron chi connectivity index (χ3n) is 4.18. The number of hydrogen-bond acceptors (Lipinski definition) is 2. The summed E-state index contributed by atoms with van der Waals surface area (Å²) in [7, 11) is 0. The normalized spacial score (nSPS) is 29.7. The van der Waals surface area contributed by atoms with Gasteiger partial charge in [0.05, 0.1) is 0 Å². The SMILES string of the molecule is CC(=O)C1(C2(C)CCOCC2)CC1. The fourth-order valence-corrected chi connectivity index (χ4v) is 2.81. The molecule has 0 aromatic carbocycles. The minimum Gasteiger partial charge on any atom is -0.381 e. The minimum absolute atomic E-state index is 0.0385. The van der Waals surface area contributed by atoms with Gasteiger partial charge in [-0.25, -0.2) is 0 Å². The molecule has 0 aromatic heterocycles. The first kappa shape index (κ1) is 9.20. The quantitative estimate of drug-likeness (QED) is 0.654. The third-order valence-corrected chi connectivity index (χ3v) is 4.18. The fraction of sp³-hybridized carbons (Fsp3) is 0.909. The lowest BCUT2D eigenvalue weighted by atomic mass is 9.67. The molecule has 0 aromatic rings. The predicted molar refractivity (Wildman–Crippen MR) is 50.5 cm³/mol. The van der Waals surface area contributed by atoms with Gasteiger partial charge in [-0.15, -0.1) is 0 Å². The van der Waals surface area contributed by atoms with Gasteiger partial charge < -0.3 is 4.74 Å². The van der Waals surface area contributed by atoms with E-state index in [9.17, 15) is 4.79 Å². The van der Waals surface area contributed by atoms with Gasteiger partial charge in [-0.05, 0) is 38.0 Å². The van der Waals surface area contributed by atoms with E-state index in [1.165, 1.54) is 0 Å². The Morgan fingerprint density at radius 3 is 2.08 bits per heavy atom. The van der Waals surface area contributed by atoms with Gasteiger partial charge in [0.1, 0.15) is 5.78 Å². The molecular weight excluding hydrogens is 164 g/mol. The summed E-state index contributed by atoms with van der Waals surface area (Å²) in [5, 5.41) is 0. The summed E-state index contributed by atoms with van der Waals surface area (Å²) in [6.07, 6.45) is 4.34. The summed E-state index contributed by atoms with van der Waals surface area (Å²) in [5.74, 6) is 0.400. The number of ketones is 1. The highest BCUT2D eigenvalue weighted by atomic mass is 16.5. The van der Waals surface area contributed by atoms with Crippen LogP contribution in [0.1, 0.15) is 39.5 Å². The summed E-state index contributed by atoms with van der Waals surface area (Å²) in [6.45, 7) is 5.70. The maximum Gasteiger partial charge on any atom is 0.136 e. The first-order valence-corrected chi connectivity index (χ1v) is 5.20. The number of hydrogen-bond donors (Lipinski definition) is 0. The maximum atomic E-state index is 11.6. The molecule has 1 saturated carbocycles. The van der Waals surface area contributed by atoms with Gasteiger partial charge in [0.15, 0.2) is 0 Å². The van der Waals surface area contributed by atoms with E-state index < -0.39 is 0 Å². The summed E-state index contributed by atoms with van der Waals surface area (Å²) < 4.78 is 5.36. The Kier molecular flexibility index (Phi) is 1.99. The van der Waals surface area contributed by atoms with Crippen molar-refractivity contribution in [3.8, 4) is 0 Å². The van der Waals surface area contributed by atoms with Gasteiger partial charge in [-0.3, -0.25) is 4.79 Å². The largest absolute Gasteiger partial charge is 0.381 e. The Bertz CT molecular complexity index is 222. The van der Waals surface area contributed by atoms with Crippen molar-refractivity contribution < 1.29 is 9.53 Å². The van der Waals surface area contributed by atoms with Crippen molar-refractivity contribution in [3.05, 3.63) is 0 Å². The Labute approximate surface area is 79.7 Å². The van der Waals surface area contributed by atoms with Crippen molar-refractivity contribution in [1.82, 2.24) is 0 Å². The number of carbonyl (C=O) groups excluding carboxylic acids is 1. The van der Waals surface area contributed by atoms with Gasteiger partial charge in [-0.2, -0.15) is 0 Å². The summed E-state index contributed by atoms with van der Waals surface area (Å²) in [6, 6.07) is 0. The summed E-state index contributed by atoms with van der Waals surface area (Å²) >= 11 is 0. The van der Waals surface area contributed by atoms with Crippen LogP contribution in [0.2, 0.25) is 0 Å². The van der Waals surface area contributed by atoms with Crippen LogP contribution in [0.3, 0.4) is 0 Å². The molecule has 0 spiro atoms. The summed E-state index contributed by atoms with van der Waals surface area (Å²) in [5.41, 5.74) is 0.272. The lowest BCUT2D eigenvalue weighted by molar-refractivity contribution is -0.130. The number of rotatable bonds is 2. The predicted octanol–water partition coefficient (Wildman–Crippen LogP) is 2.17. The number of ether oxygens (including phenoxy) is 1. The molecule has 2 fully saturated rings. The molecule has 2 rings (SSSR count). The van der Waals surface area contributed by atoms with Crippen LogP contribution < -0.4 is 0 Å². The second-order valence-electron chi connectivity index (χ2n) is 4.81. The molecule has 2 nitrogen and oxygen atoms in total. The van der Waals surface area contributed by atoms with E-state index in [-0.39, 0.29) is 10.8 Å². The average molecular weight is 182 g/mol. The van der Waals surface area contributed by atoms with E-state index in [1.54, 1.807) is 6.92 Å². The van der Waals surface area contributed by atoms with Crippen LogP contribution in [0, 0.1) is 10.8 Å². The molecule has 1 saturated heterocycles. The van der Waals surface area contributed by atoms with Crippen molar-refractivity contribution >= 4 is 5.78 Å². The van der Waals surface area contributed by atoms with E-state index in [0.717, 1.165) is 38.9 Å². The molecule has 0 amide bonds. The van der Waals surface area contributed by atoms with Crippen LogP contribution in [-0.2, 0) is 9.53 Å². The maximum absolute atomic E-state index is 11.6. The lowest BCUT2D eigenvalue weighted by Crippen LogP contribution is -2.39.